The van der Waals surface area contributed by atoms with Crippen LogP contribution in [0.3, 0.4) is 0 Å². The van der Waals surface area contributed by atoms with E-state index in [9.17, 15) is 5.11 Å². The number of likely N-dealkylation sites (tertiary alicyclic amines) is 1. The third-order valence-electron chi connectivity index (χ3n) is 4.51. The quantitative estimate of drug-likeness (QED) is 0.888. The largest absolute Gasteiger partial charge is 0.393 e. The number of anilines is 1. The van der Waals surface area contributed by atoms with Gasteiger partial charge in [-0.3, -0.25) is 4.90 Å². The fourth-order valence-electron chi connectivity index (χ4n) is 3.10. The van der Waals surface area contributed by atoms with Crippen molar-refractivity contribution < 1.29 is 5.11 Å². The van der Waals surface area contributed by atoms with E-state index in [1.165, 1.54) is 5.56 Å². The van der Waals surface area contributed by atoms with Crippen LogP contribution >= 0.6 is 0 Å². The van der Waals surface area contributed by atoms with Crippen LogP contribution in [-0.4, -0.2) is 29.2 Å². The molecule has 2 aromatic rings. The van der Waals surface area contributed by atoms with Gasteiger partial charge in [-0.25, -0.2) is 0 Å². The molecule has 0 radical (unpaired) electrons. The summed E-state index contributed by atoms with van der Waals surface area (Å²) in [5.74, 6) is 0. The van der Waals surface area contributed by atoms with E-state index in [1.54, 1.807) is 0 Å². The lowest BCUT2D eigenvalue weighted by Crippen LogP contribution is -2.35. The number of piperidine rings is 1. The molecule has 0 atom stereocenters. The van der Waals surface area contributed by atoms with Gasteiger partial charge in [0.25, 0.3) is 0 Å². The normalized spacial score (nSPS) is 15.8. The molecule has 0 saturated carbocycles. The van der Waals surface area contributed by atoms with Crippen LogP contribution in [0.25, 0.3) is 0 Å². The van der Waals surface area contributed by atoms with E-state index in [0.717, 1.165) is 43.7 Å². The van der Waals surface area contributed by atoms with Crippen LogP contribution in [0.15, 0.2) is 48.5 Å². The first-order valence-electron chi connectivity index (χ1n) is 8.46. The predicted molar refractivity (Wildman–Crippen MR) is 95.4 cm³/mol. The third-order valence-corrected chi connectivity index (χ3v) is 4.51. The summed E-state index contributed by atoms with van der Waals surface area (Å²) >= 11 is 0. The fourth-order valence-corrected chi connectivity index (χ4v) is 3.10. The van der Waals surface area contributed by atoms with Gasteiger partial charge in [0.15, 0.2) is 0 Å². The number of aliphatic hydroxyl groups excluding tert-OH is 1. The molecular weight excluding hydrogens is 298 g/mol. The van der Waals surface area contributed by atoms with E-state index in [4.69, 9.17) is 5.26 Å². The molecule has 1 heterocycles. The van der Waals surface area contributed by atoms with Gasteiger partial charge in [-0.2, -0.15) is 5.26 Å². The van der Waals surface area contributed by atoms with Crippen molar-refractivity contribution in [2.75, 3.05) is 18.4 Å². The number of hydrogen-bond acceptors (Lipinski definition) is 4. The molecule has 4 nitrogen and oxygen atoms in total. The van der Waals surface area contributed by atoms with Crippen molar-refractivity contribution >= 4 is 5.69 Å². The van der Waals surface area contributed by atoms with Crippen LogP contribution in [0.5, 0.6) is 0 Å². The van der Waals surface area contributed by atoms with Crippen LogP contribution in [0.2, 0.25) is 0 Å². The topological polar surface area (TPSA) is 59.3 Å². The second kappa shape index (κ2) is 7.96. The zero-order chi connectivity index (χ0) is 16.8. The lowest BCUT2D eigenvalue weighted by Gasteiger charge is -2.30. The van der Waals surface area contributed by atoms with Crippen molar-refractivity contribution in [2.45, 2.75) is 32.0 Å². The minimum atomic E-state index is -0.137. The average molecular weight is 321 g/mol. The minimum Gasteiger partial charge on any atom is -0.393 e. The standard InChI is InChI=1S/C20H23N3O/c21-13-16-4-3-5-17(12-16)14-22-20-7-2-1-6-18(20)15-23-10-8-19(24)9-11-23/h1-7,12,19,22,24H,8-11,14-15H2. The Morgan fingerprint density at radius 3 is 2.71 bits per heavy atom. The van der Waals surface area contributed by atoms with Crippen LogP contribution in [0, 0.1) is 11.3 Å². The van der Waals surface area contributed by atoms with Crippen LogP contribution in [0.1, 0.15) is 29.5 Å². The lowest BCUT2D eigenvalue weighted by molar-refractivity contribution is 0.0793. The maximum Gasteiger partial charge on any atom is 0.0991 e. The molecule has 0 amide bonds. The number of nitriles is 1. The van der Waals surface area contributed by atoms with Crippen molar-refractivity contribution in [1.29, 1.82) is 5.26 Å². The van der Waals surface area contributed by atoms with E-state index in [1.807, 2.05) is 30.3 Å². The Morgan fingerprint density at radius 1 is 1.12 bits per heavy atom. The molecule has 124 valence electrons. The smallest absolute Gasteiger partial charge is 0.0991 e. The molecule has 3 rings (SSSR count). The molecule has 24 heavy (non-hydrogen) atoms. The summed E-state index contributed by atoms with van der Waals surface area (Å²) < 4.78 is 0. The van der Waals surface area contributed by atoms with Gasteiger partial charge in [0.05, 0.1) is 17.7 Å². The number of nitrogens with one attached hydrogen (secondary N) is 1. The van der Waals surface area contributed by atoms with Crippen molar-refractivity contribution in [1.82, 2.24) is 4.90 Å². The fraction of sp³-hybridized carbons (Fsp3) is 0.350. The molecule has 0 bridgehead atoms. The van der Waals surface area contributed by atoms with Gasteiger partial charge >= 0.3 is 0 Å². The highest BCUT2D eigenvalue weighted by Gasteiger charge is 2.17. The molecule has 0 unspecified atom stereocenters. The molecule has 0 aromatic heterocycles. The molecule has 1 fully saturated rings. The maximum absolute atomic E-state index is 9.64. The van der Waals surface area contributed by atoms with E-state index in [2.05, 4.69) is 34.5 Å². The van der Waals surface area contributed by atoms with Crippen LogP contribution in [0.4, 0.5) is 5.69 Å². The van der Waals surface area contributed by atoms with Crippen molar-refractivity contribution in [3.8, 4) is 6.07 Å². The Kier molecular flexibility index (Phi) is 5.47. The van der Waals surface area contributed by atoms with Gasteiger partial charge in [0.2, 0.25) is 0 Å². The van der Waals surface area contributed by atoms with Gasteiger partial charge in [-0.1, -0.05) is 30.3 Å². The zero-order valence-electron chi connectivity index (χ0n) is 13.8. The first-order chi connectivity index (χ1) is 11.7. The van der Waals surface area contributed by atoms with Crippen LogP contribution in [-0.2, 0) is 13.1 Å². The zero-order valence-corrected chi connectivity index (χ0v) is 13.8. The summed E-state index contributed by atoms with van der Waals surface area (Å²) in [5.41, 5.74) is 4.19. The highest BCUT2D eigenvalue weighted by Crippen LogP contribution is 2.21. The van der Waals surface area contributed by atoms with Gasteiger partial charge in [-0.15, -0.1) is 0 Å². The molecule has 1 aliphatic heterocycles. The lowest BCUT2D eigenvalue weighted by atomic mass is 10.1. The van der Waals surface area contributed by atoms with Crippen LogP contribution < -0.4 is 5.32 Å². The average Bonchev–Trinajstić information content (AvgIpc) is 2.63. The molecule has 0 spiro atoms. The third kappa shape index (κ3) is 4.35. The summed E-state index contributed by atoms with van der Waals surface area (Å²) in [7, 11) is 0. The van der Waals surface area contributed by atoms with E-state index >= 15 is 0 Å². The maximum atomic E-state index is 9.64. The molecule has 1 aliphatic rings. The van der Waals surface area contributed by atoms with E-state index < -0.39 is 0 Å². The SMILES string of the molecule is N#Cc1cccc(CNc2ccccc2CN2CCC(O)CC2)c1. The van der Waals surface area contributed by atoms with Crippen molar-refractivity contribution in [3.63, 3.8) is 0 Å². The molecular formula is C20H23N3O. The number of nitrogens with zero attached hydrogens (tertiary/aromatic N) is 2. The van der Waals surface area contributed by atoms with Crippen molar-refractivity contribution in [2.24, 2.45) is 0 Å². The second-order valence-corrected chi connectivity index (χ2v) is 6.33. The van der Waals surface area contributed by atoms with Crippen molar-refractivity contribution in [3.05, 3.63) is 65.2 Å². The first kappa shape index (κ1) is 16.5. The monoisotopic (exact) mass is 321 g/mol. The summed E-state index contributed by atoms with van der Waals surface area (Å²) in [5, 5.41) is 22.1. The Morgan fingerprint density at radius 2 is 1.92 bits per heavy atom. The summed E-state index contributed by atoms with van der Waals surface area (Å²) in [4.78, 5) is 2.39. The molecule has 4 heteroatoms. The molecule has 1 saturated heterocycles. The minimum absolute atomic E-state index is 0.137. The highest BCUT2D eigenvalue weighted by molar-refractivity contribution is 5.51. The Labute approximate surface area is 143 Å². The number of aliphatic hydroxyl groups is 1. The summed E-state index contributed by atoms with van der Waals surface area (Å²) in [6.45, 7) is 3.48. The van der Waals surface area contributed by atoms with Gasteiger partial charge in [-0.05, 0) is 42.2 Å². The predicted octanol–water partition coefficient (Wildman–Crippen LogP) is 3.13. The first-order valence-corrected chi connectivity index (χ1v) is 8.46. The number of benzene rings is 2. The molecule has 2 aromatic carbocycles. The van der Waals surface area contributed by atoms with E-state index in [0.29, 0.717) is 12.1 Å². The number of rotatable bonds is 5. The number of para-hydroxylation sites is 1. The van der Waals surface area contributed by atoms with Gasteiger partial charge in [0, 0.05) is 31.9 Å². The van der Waals surface area contributed by atoms with E-state index in [-0.39, 0.29) is 6.10 Å². The summed E-state index contributed by atoms with van der Waals surface area (Å²) in [6.07, 6.45) is 1.58. The Balaban J connectivity index is 1.64. The Bertz CT molecular complexity index is 715. The van der Waals surface area contributed by atoms with Gasteiger partial charge in [0.1, 0.15) is 0 Å². The van der Waals surface area contributed by atoms with Gasteiger partial charge < -0.3 is 10.4 Å². The molecule has 0 aliphatic carbocycles. The molecule has 2 N–H and O–H groups in total. The number of hydrogen-bond donors (Lipinski definition) is 2. The summed E-state index contributed by atoms with van der Waals surface area (Å²) in [6, 6.07) is 18.2. The Hall–Kier alpha value is -2.35. The highest BCUT2D eigenvalue weighted by atomic mass is 16.3. The second-order valence-electron chi connectivity index (χ2n) is 6.33.